The zero-order valence-electron chi connectivity index (χ0n) is 16.1. The van der Waals surface area contributed by atoms with Crippen LogP contribution in [0.15, 0.2) is 65.6 Å². The molecule has 0 aliphatic rings. The number of fused-ring (bicyclic) bond motifs is 1. The van der Waals surface area contributed by atoms with Crippen molar-refractivity contribution < 1.29 is 17.9 Å². The Morgan fingerprint density at radius 1 is 0.967 bits per heavy atom. The molecule has 1 aromatic heterocycles. The summed E-state index contributed by atoms with van der Waals surface area (Å²) in [5.41, 5.74) is 2.57. The van der Waals surface area contributed by atoms with Crippen molar-refractivity contribution in [2.24, 2.45) is 0 Å². The number of anilines is 1. The molecule has 0 saturated carbocycles. The molecule has 9 heteroatoms. The Bertz CT molecular complexity index is 1340. The summed E-state index contributed by atoms with van der Waals surface area (Å²) in [4.78, 5) is 0.0571. The molecular formula is C21H18ClN3O4S. The summed E-state index contributed by atoms with van der Waals surface area (Å²) in [5.74, 6) is 0.774. The van der Waals surface area contributed by atoms with Crippen LogP contribution in [-0.2, 0) is 10.0 Å². The number of H-pyrrole nitrogens is 1. The Morgan fingerprint density at radius 2 is 1.73 bits per heavy atom. The SMILES string of the molecule is COc1ccc(S(=O)(=O)Nc2ccc3c(-c4ccccc4Cl)n[nH]c3c2)cc1OC. The number of benzene rings is 3. The van der Waals surface area contributed by atoms with Gasteiger partial charge in [0.25, 0.3) is 10.0 Å². The van der Waals surface area contributed by atoms with E-state index in [-0.39, 0.29) is 4.90 Å². The van der Waals surface area contributed by atoms with E-state index in [0.29, 0.717) is 33.4 Å². The normalized spacial score (nSPS) is 11.4. The van der Waals surface area contributed by atoms with Crippen LogP contribution in [0.2, 0.25) is 5.02 Å². The van der Waals surface area contributed by atoms with Crippen LogP contribution in [0.1, 0.15) is 0 Å². The summed E-state index contributed by atoms with van der Waals surface area (Å²) in [5, 5.41) is 8.70. The number of nitrogens with zero attached hydrogens (tertiary/aromatic N) is 1. The maximum Gasteiger partial charge on any atom is 0.262 e. The molecule has 0 radical (unpaired) electrons. The van der Waals surface area contributed by atoms with E-state index in [9.17, 15) is 8.42 Å². The molecule has 0 atom stereocenters. The Morgan fingerprint density at radius 3 is 2.47 bits per heavy atom. The molecule has 4 aromatic rings. The predicted octanol–water partition coefficient (Wildman–Crippen LogP) is 4.70. The molecule has 4 rings (SSSR count). The lowest BCUT2D eigenvalue weighted by molar-refractivity contribution is 0.354. The van der Waals surface area contributed by atoms with Crippen molar-refractivity contribution in [1.29, 1.82) is 0 Å². The fourth-order valence-corrected chi connectivity index (χ4v) is 4.43. The van der Waals surface area contributed by atoms with E-state index >= 15 is 0 Å². The molecule has 3 aromatic carbocycles. The van der Waals surface area contributed by atoms with Gasteiger partial charge in [0.05, 0.1) is 35.3 Å². The van der Waals surface area contributed by atoms with Gasteiger partial charge in [-0.1, -0.05) is 29.8 Å². The molecule has 154 valence electrons. The number of aromatic amines is 1. The third-order valence-corrected chi connectivity index (χ3v) is 6.32. The summed E-state index contributed by atoms with van der Waals surface area (Å²) in [6.45, 7) is 0. The third-order valence-electron chi connectivity index (χ3n) is 4.61. The van der Waals surface area contributed by atoms with Gasteiger partial charge in [0, 0.05) is 17.0 Å². The van der Waals surface area contributed by atoms with Crippen LogP contribution in [0.25, 0.3) is 22.2 Å². The summed E-state index contributed by atoms with van der Waals surface area (Å²) in [6, 6.07) is 17.0. The van der Waals surface area contributed by atoms with Crippen LogP contribution in [0.3, 0.4) is 0 Å². The van der Waals surface area contributed by atoms with E-state index in [1.165, 1.54) is 26.4 Å². The molecule has 0 bridgehead atoms. The first-order valence-electron chi connectivity index (χ1n) is 8.91. The van der Waals surface area contributed by atoms with Crippen LogP contribution in [0.5, 0.6) is 11.5 Å². The summed E-state index contributed by atoms with van der Waals surface area (Å²) < 4.78 is 38.6. The molecular weight excluding hydrogens is 426 g/mol. The van der Waals surface area contributed by atoms with Crippen LogP contribution in [0.4, 0.5) is 5.69 Å². The van der Waals surface area contributed by atoms with E-state index in [2.05, 4.69) is 14.9 Å². The fourth-order valence-electron chi connectivity index (χ4n) is 3.14. The lowest BCUT2D eigenvalue weighted by Gasteiger charge is -2.11. The quantitative estimate of drug-likeness (QED) is 0.450. The van der Waals surface area contributed by atoms with E-state index in [4.69, 9.17) is 21.1 Å². The minimum absolute atomic E-state index is 0.0571. The minimum atomic E-state index is -3.83. The first kappa shape index (κ1) is 20.1. The Kier molecular flexibility index (Phi) is 5.27. The van der Waals surface area contributed by atoms with E-state index in [1.54, 1.807) is 30.3 Å². The Labute approximate surface area is 178 Å². The highest BCUT2D eigenvalue weighted by atomic mass is 35.5. The molecule has 0 fully saturated rings. The predicted molar refractivity (Wildman–Crippen MR) is 117 cm³/mol. The average Bonchev–Trinajstić information content (AvgIpc) is 3.16. The monoisotopic (exact) mass is 443 g/mol. The lowest BCUT2D eigenvalue weighted by Crippen LogP contribution is -2.13. The molecule has 0 spiro atoms. The van der Waals surface area contributed by atoms with E-state index < -0.39 is 10.0 Å². The van der Waals surface area contributed by atoms with Crippen LogP contribution >= 0.6 is 11.6 Å². The smallest absolute Gasteiger partial charge is 0.262 e. The molecule has 30 heavy (non-hydrogen) atoms. The first-order valence-corrected chi connectivity index (χ1v) is 10.8. The second-order valence-corrected chi connectivity index (χ2v) is 8.52. The number of hydrogen-bond acceptors (Lipinski definition) is 5. The van der Waals surface area contributed by atoms with Gasteiger partial charge in [-0.05, 0) is 36.4 Å². The zero-order valence-corrected chi connectivity index (χ0v) is 17.7. The van der Waals surface area contributed by atoms with E-state index in [1.807, 2.05) is 18.2 Å². The summed E-state index contributed by atoms with van der Waals surface area (Å²) in [6.07, 6.45) is 0. The fraction of sp³-hybridized carbons (Fsp3) is 0.0952. The van der Waals surface area contributed by atoms with Gasteiger partial charge < -0.3 is 9.47 Å². The molecule has 0 aliphatic heterocycles. The lowest BCUT2D eigenvalue weighted by atomic mass is 10.1. The number of sulfonamides is 1. The number of aromatic nitrogens is 2. The second-order valence-electron chi connectivity index (χ2n) is 6.43. The number of halogens is 1. The highest BCUT2D eigenvalue weighted by Gasteiger charge is 2.18. The van der Waals surface area contributed by atoms with Gasteiger partial charge in [-0.25, -0.2) is 8.42 Å². The maximum atomic E-state index is 12.8. The van der Waals surface area contributed by atoms with Crippen molar-refractivity contribution in [2.75, 3.05) is 18.9 Å². The molecule has 2 N–H and O–H groups in total. The third kappa shape index (κ3) is 3.67. The van der Waals surface area contributed by atoms with Gasteiger partial charge in [0.15, 0.2) is 11.5 Å². The van der Waals surface area contributed by atoms with E-state index in [0.717, 1.165) is 10.9 Å². The van der Waals surface area contributed by atoms with Gasteiger partial charge in [-0.2, -0.15) is 5.10 Å². The molecule has 0 aliphatic carbocycles. The zero-order chi connectivity index (χ0) is 21.3. The van der Waals surface area contributed by atoms with Crippen LogP contribution in [0, 0.1) is 0 Å². The Balaban J connectivity index is 1.67. The summed E-state index contributed by atoms with van der Waals surface area (Å²) in [7, 11) is -0.897. The van der Waals surface area contributed by atoms with Crippen LogP contribution < -0.4 is 14.2 Å². The highest BCUT2D eigenvalue weighted by Crippen LogP contribution is 2.33. The maximum absolute atomic E-state index is 12.8. The van der Waals surface area contributed by atoms with Crippen molar-refractivity contribution in [1.82, 2.24) is 10.2 Å². The van der Waals surface area contributed by atoms with Gasteiger partial charge in [-0.3, -0.25) is 9.82 Å². The molecule has 0 unspecified atom stereocenters. The van der Waals surface area contributed by atoms with Crippen LogP contribution in [-0.4, -0.2) is 32.8 Å². The minimum Gasteiger partial charge on any atom is -0.493 e. The van der Waals surface area contributed by atoms with Crippen molar-refractivity contribution in [2.45, 2.75) is 4.90 Å². The molecule has 0 saturated heterocycles. The Hall–Kier alpha value is -3.23. The van der Waals surface area contributed by atoms with Gasteiger partial charge >= 0.3 is 0 Å². The van der Waals surface area contributed by atoms with Crippen molar-refractivity contribution >= 4 is 38.2 Å². The number of nitrogens with one attached hydrogen (secondary N) is 2. The molecule has 7 nitrogen and oxygen atoms in total. The van der Waals surface area contributed by atoms with Crippen molar-refractivity contribution in [3.05, 3.63) is 65.7 Å². The van der Waals surface area contributed by atoms with Gasteiger partial charge in [0.1, 0.15) is 5.69 Å². The molecule has 1 heterocycles. The number of ether oxygens (including phenoxy) is 2. The average molecular weight is 444 g/mol. The van der Waals surface area contributed by atoms with Crippen molar-refractivity contribution in [3.8, 4) is 22.8 Å². The number of rotatable bonds is 6. The van der Waals surface area contributed by atoms with Gasteiger partial charge in [-0.15, -0.1) is 0 Å². The second kappa shape index (κ2) is 7.89. The topological polar surface area (TPSA) is 93.3 Å². The number of hydrogen-bond donors (Lipinski definition) is 2. The van der Waals surface area contributed by atoms with Gasteiger partial charge in [0.2, 0.25) is 0 Å². The first-order chi connectivity index (χ1) is 14.4. The summed E-state index contributed by atoms with van der Waals surface area (Å²) >= 11 is 6.28. The van der Waals surface area contributed by atoms with Crippen molar-refractivity contribution in [3.63, 3.8) is 0 Å². The number of methoxy groups -OCH3 is 2. The molecule has 0 amide bonds. The largest absolute Gasteiger partial charge is 0.493 e. The standard InChI is InChI=1S/C21H18ClN3O4S/c1-28-19-10-8-14(12-20(19)29-2)30(26,27)25-13-7-9-16-18(11-13)23-24-21(16)15-5-3-4-6-17(15)22/h3-12,25H,1-2H3,(H,23,24). The highest BCUT2D eigenvalue weighted by molar-refractivity contribution is 7.92.